The molecule has 14 heavy (non-hydrogen) atoms. The Hall–Kier alpha value is -0.870. The molecule has 1 aliphatic heterocycles. The summed E-state index contributed by atoms with van der Waals surface area (Å²) in [7, 11) is 0. The number of piperidine rings is 1. The van der Waals surface area contributed by atoms with Gasteiger partial charge in [-0.3, -0.25) is 4.68 Å². The predicted molar refractivity (Wildman–Crippen MR) is 54.2 cm³/mol. The number of nitrogens with one attached hydrogen (secondary N) is 1. The van der Waals surface area contributed by atoms with Crippen molar-refractivity contribution in [2.45, 2.75) is 25.3 Å². The van der Waals surface area contributed by atoms with Gasteiger partial charge in [-0.15, -0.1) is 0 Å². The fraction of sp³-hybridized carbons (Fsp3) is 0.700. The minimum absolute atomic E-state index is 0.206. The molecule has 0 spiro atoms. The lowest BCUT2D eigenvalue weighted by molar-refractivity contribution is 0.299. The SMILES string of the molecule is OCCc1cnn(C2CCNCC2)c1. The van der Waals surface area contributed by atoms with Gasteiger partial charge in [-0.1, -0.05) is 0 Å². The van der Waals surface area contributed by atoms with Crippen molar-refractivity contribution >= 4 is 0 Å². The maximum absolute atomic E-state index is 8.79. The van der Waals surface area contributed by atoms with Crippen LogP contribution in [0.1, 0.15) is 24.4 Å². The standard InChI is InChI=1S/C10H17N3O/c14-6-3-9-7-12-13(8-9)10-1-4-11-5-2-10/h7-8,10-11,14H,1-6H2. The van der Waals surface area contributed by atoms with Crippen LogP contribution in [0.4, 0.5) is 0 Å². The minimum atomic E-state index is 0.206. The zero-order valence-corrected chi connectivity index (χ0v) is 8.32. The van der Waals surface area contributed by atoms with E-state index in [4.69, 9.17) is 5.11 Å². The second-order valence-electron chi connectivity index (χ2n) is 3.78. The lowest BCUT2D eigenvalue weighted by Gasteiger charge is -2.22. The van der Waals surface area contributed by atoms with Crippen molar-refractivity contribution in [3.8, 4) is 0 Å². The van der Waals surface area contributed by atoms with Gasteiger partial charge in [0.05, 0.1) is 12.2 Å². The van der Waals surface area contributed by atoms with Gasteiger partial charge in [0, 0.05) is 12.8 Å². The second kappa shape index (κ2) is 4.57. The summed E-state index contributed by atoms with van der Waals surface area (Å²) in [4.78, 5) is 0. The Bertz CT molecular complexity index is 279. The summed E-state index contributed by atoms with van der Waals surface area (Å²) in [6.07, 6.45) is 6.94. The monoisotopic (exact) mass is 195 g/mol. The highest BCUT2D eigenvalue weighted by Crippen LogP contribution is 2.17. The number of hydrogen-bond acceptors (Lipinski definition) is 3. The first-order valence-corrected chi connectivity index (χ1v) is 5.25. The van der Waals surface area contributed by atoms with Crippen molar-refractivity contribution < 1.29 is 5.11 Å². The number of aliphatic hydroxyl groups excluding tert-OH is 1. The molecule has 1 fully saturated rings. The van der Waals surface area contributed by atoms with Crippen LogP contribution >= 0.6 is 0 Å². The lowest BCUT2D eigenvalue weighted by Crippen LogP contribution is -2.29. The Morgan fingerprint density at radius 1 is 1.50 bits per heavy atom. The van der Waals surface area contributed by atoms with Crippen LogP contribution < -0.4 is 5.32 Å². The fourth-order valence-corrected chi connectivity index (χ4v) is 1.91. The Balaban J connectivity index is 2.00. The maximum Gasteiger partial charge on any atom is 0.0543 e. The summed E-state index contributed by atoms with van der Waals surface area (Å²) < 4.78 is 2.05. The Kier molecular flexibility index (Phi) is 3.16. The van der Waals surface area contributed by atoms with Crippen molar-refractivity contribution in [1.82, 2.24) is 15.1 Å². The van der Waals surface area contributed by atoms with Crippen LogP contribution in [0.2, 0.25) is 0 Å². The van der Waals surface area contributed by atoms with Crippen LogP contribution in [0.5, 0.6) is 0 Å². The average molecular weight is 195 g/mol. The molecule has 0 unspecified atom stereocenters. The lowest BCUT2D eigenvalue weighted by atomic mass is 10.1. The van der Waals surface area contributed by atoms with Gasteiger partial charge in [-0.25, -0.2) is 0 Å². The van der Waals surface area contributed by atoms with E-state index in [0.717, 1.165) is 31.5 Å². The van der Waals surface area contributed by atoms with Gasteiger partial charge >= 0.3 is 0 Å². The molecule has 78 valence electrons. The summed E-state index contributed by atoms with van der Waals surface area (Å²) in [5, 5.41) is 16.5. The second-order valence-corrected chi connectivity index (χ2v) is 3.78. The van der Waals surface area contributed by atoms with Crippen molar-refractivity contribution in [2.75, 3.05) is 19.7 Å². The van der Waals surface area contributed by atoms with Crippen LogP contribution in [-0.2, 0) is 6.42 Å². The zero-order chi connectivity index (χ0) is 9.80. The normalized spacial score (nSPS) is 18.6. The van der Waals surface area contributed by atoms with Crippen molar-refractivity contribution in [1.29, 1.82) is 0 Å². The van der Waals surface area contributed by atoms with Crippen molar-refractivity contribution in [3.63, 3.8) is 0 Å². The molecule has 2 rings (SSSR count). The van der Waals surface area contributed by atoms with Crippen LogP contribution in [0.25, 0.3) is 0 Å². The van der Waals surface area contributed by atoms with Crippen LogP contribution in [0, 0.1) is 0 Å². The smallest absolute Gasteiger partial charge is 0.0543 e. The molecule has 1 saturated heterocycles. The van der Waals surface area contributed by atoms with E-state index in [1.807, 2.05) is 10.9 Å². The number of rotatable bonds is 3. The topological polar surface area (TPSA) is 50.1 Å². The Morgan fingerprint density at radius 2 is 2.29 bits per heavy atom. The molecule has 0 radical (unpaired) electrons. The summed E-state index contributed by atoms with van der Waals surface area (Å²) in [5.41, 5.74) is 1.13. The molecular weight excluding hydrogens is 178 g/mol. The third kappa shape index (κ3) is 2.13. The molecule has 0 bridgehead atoms. The van der Waals surface area contributed by atoms with Gasteiger partial charge in [0.25, 0.3) is 0 Å². The highest BCUT2D eigenvalue weighted by Gasteiger charge is 2.15. The Labute approximate surface area is 83.9 Å². The first-order chi connectivity index (χ1) is 6.90. The average Bonchev–Trinajstić information content (AvgIpc) is 2.68. The number of aliphatic hydroxyl groups is 1. The summed E-state index contributed by atoms with van der Waals surface area (Å²) in [6.45, 7) is 2.37. The molecule has 2 N–H and O–H groups in total. The highest BCUT2D eigenvalue weighted by atomic mass is 16.2. The maximum atomic E-state index is 8.79. The van der Waals surface area contributed by atoms with Crippen molar-refractivity contribution in [3.05, 3.63) is 18.0 Å². The number of hydrogen-bond donors (Lipinski definition) is 2. The fourth-order valence-electron chi connectivity index (χ4n) is 1.91. The van der Waals surface area contributed by atoms with Gasteiger partial charge in [0.1, 0.15) is 0 Å². The third-order valence-electron chi connectivity index (χ3n) is 2.74. The van der Waals surface area contributed by atoms with Crippen LogP contribution in [0.15, 0.2) is 12.4 Å². The van der Waals surface area contributed by atoms with E-state index in [9.17, 15) is 0 Å². The van der Waals surface area contributed by atoms with Gasteiger partial charge in [0.2, 0.25) is 0 Å². The third-order valence-corrected chi connectivity index (χ3v) is 2.74. The zero-order valence-electron chi connectivity index (χ0n) is 8.32. The molecule has 0 aromatic carbocycles. The van der Waals surface area contributed by atoms with E-state index in [1.54, 1.807) is 0 Å². The molecule has 0 atom stereocenters. The quantitative estimate of drug-likeness (QED) is 0.731. The molecule has 1 aromatic rings. The molecule has 0 saturated carbocycles. The van der Waals surface area contributed by atoms with Gasteiger partial charge in [-0.2, -0.15) is 5.10 Å². The number of aromatic nitrogens is 2. The first kappa shape index (κ1) is 9.68. The van der Waals surface area contributed by atoms with Crippen LogP contribution in [-0.4, -0.2) is 34.6 Å². The van der Waals surface area contributed by atoms with Gasteiger partial charge < -0.3 is 10.4 Å². The molecule has 1 aromatic heterocycles. The van der Waals surface area contributed by atoms with E-state index in [0.29, 0.717) is 12.5 Å². The van der Waals surface area contributed by atoms with E-state index >= 15 is 0 Å². The van der Waals surface area contributed by atoms with Crippen molar-refractivity contribution in [2.24, 2.45) is 0 Å². The van der Waals surface area contributed by atoms with E-state index in [-0.39, 0.29) is 6.61 Å². The minimum Gasteiger partial charge on any atom is -0.396 e. The van der Waals surface area contributed by atoms with Gasteiger partial charge in [-0.05, 0) is 37.9 Å². The van der Waals surface area contributed by atoms with Gasteiger partial charge in [0.15, 0.2) is 0 Å². The largest absolute Gasteiger partial charge is 0.396 e. The molecular formula is C10H17N3O. The van der Waals surface area contributed by atoms with E-state index < -0.39 is 0 Å². The summed E-state index contributed by atoms with van der Waals surface area (Å²) in [5.74, 6) is 0. The molecule has 0 aliphatic carbocycles. The van der Waals surface area contributed by atoms with Crippen LogP contribution in [0.3, 0.4) is 0 Å². The molecule has 2 heterocycles. The first-order valence-electron chi connectivity index (χ1n) is 5.25. The summed E-state index contributed by atoms with van der Waals surface area (Å²) in [6, 6.07) is 0.545. The predicted octanol–water partition coefficient (Wildman–Crippen LogP) is 0.342. The number of nitrogens with zero attached hydrogens (tertiary/aromatic N) is 2. The Morgan fingerprint density at radius 3 is 3.00 bits per heavy atom. The molecule has 4 heteroatoms. The summed E-state index contributed by atoms with van der Waals surface area (Å²) >= 11 is 0. The molecule has 1 aliphatic rings. The molecule has 0 amide bonds. The van der Waals surface area contributed by atoms with E-state index in [2.05, 4.69) is 16.6 Å². The molecule has 4 nitrogen and oxygen atoms in total. The van der Waals surface area contributed by atoms with E-state index in [1.165, 1.54) is 0 Å². The highest BCUT2D eigenvalue weighted by molar-refractivity contribution is 5.04.